The minimum atomic E-state index is 0.00270. The largest absolute Gasteiger partial charge is 0.374 e. The van der Waals surface area contributed by atoms with E-state index in [1.54, 1.807) is 6.33 Å². The van der Waals surface area contributed by atoms with Crippen LogP contribution in [0.5, 0.6) is 0 Å². The summed E-state index contributed by atoms with van der Waals surface area (Å²) in [6.07, 6.45) is 5.56. The number of anilines is 1. The summed E-state index contributed by atoms with van der Waals surface area (Å²) in [5.74, 6) is 0.765. The van der Waals surface area contributed by atoms with Crippen LogP contribution in [0.1, 0.15) is 24.3 Å². The molecule has 8 heteroatoms. The maximum absolute atomic E-state index is 12.8. The summed E-state index contributed by atoms with van der Waals surface area (Å²) in [5.41, 5.74) is 4.16. The Hall–Kier alpha value is -2.87. The lowest BCUT2D eigenvalue weighted by Gasteiger charge is -2.47. The van der Waals surface area contributed by atoms with Crippen LogP contribution < -0.4 is 5.32 Å². The second kappa shape index (κ2) is 7.75. The third-order valence-electron chi connectivity index (χ3n) is 6.56. The van der Waals surface area contributed by atoms with Crippen LogP contribution in [0.2, 0.25) is 0 Å². The number of hydrogen-bond donors (Lipinski definition) is 2. The van der Waals surface area contributed by atoms with E-state index >= 15 is 0 Å². The van der Waals surface area contributed by atoms with E-state index in [9.17, 15) is 9.59 Å². The molecule has 158 valence electrons. The summed E-state index contributed by atoms with van der Waals surface area (Å²) in [6.45, 7) is 8.51. The molecule has 5 rings (SSSR count). The summed E-state index contributed by atoms with van der Waals surface area (Å²) in [5, 5.41) is 3.33. The molecule has 3 fully saturated rings. The first kappa shape index (κ1) is 19.1. The van der Waals surface area contributed by atoms with E-state index in [0.717, 1.165) is 56.0 Å². The van der Waals surface area contributed by atoms with Gasteiger partial charge in [0.15, 0.2) is 0 Å². The van der Waals surface area contributed by atoms with Crippen LogP contribution >= 0.6 is 0 Å². The molecule has 8 nitrogen and oxygen atoms in total. The monoisotopic (exact) mass is 408 g/mol. The van der Waals surface area contributed by atoms with Crippen molar-refractivity contribution in [1.82, 2.24) is 24.7 Å². The molecule has 0 radical (unpaired) electrons. The molecule has 30 heavy (non-hydrogen) atoms. The van der Waals surface area contributed by atoms with Gasteiger partial charge in [-0.2, -0.15) is 0 Å². The molecule has 3 aliphatic rings. The van der Waals surface area contributed by atoms with E-state index in [4.69, 9.17) is 0 Å². The van der Waals surface area contributed by atoms with Crippen molar-refractivity contribution in [1.29, 1.82) is 0 Å². The van der Waals surface area contributed by atoms with Gasteiger partial charge in [0.1, 0.15) is 5.52 Å². The minimum Gasteiger partial charge on any atom is -0.374 e. The van der Waals surface area contributed by atoms with Crippen molar-refractivity contribution >= 4 is 28.5 Å². The van der Waals surface area contributed by atoms with Crippen molar-refractivity contribution in [2.75, 3.05) is 51.1 Å². The molecular formula is C22H28N6O2. The number of piperazine rings is 1. The predicted octanol–water partition coefficient (Wildman–Crippen LogP) is 1.39. The number of carbonyl (C=O) groups is 2. The van der Waals surface area contributed by atoms with Crippen molar-refractivity contribution in [3.63, 3.8) is 0 Å². The summed E-state index contributed by atoms with van der Waals surface area (Å²) < 4.78 is 0. The summed E-state index contributed by atoms with van der Waals surface area (Å²) >= 11 is 0. The Morgan fingerprint density at radius 1 is 1.17 bits per heavy atom. The normalized spacial score (nSPS) is 20.3. The zero-order valence-electron chi connectivity index (χ0n) is 17.1. The first-order chi connectivity index (χ1) is 14.6. The molecular weight excluding hydrogens is 380 g/mol. The molecule has 0 bridgehead atoms. The predicted molar refractivity (Wildman–Crippen MR) is 115 cm³/mol. The zero-order chi connectivity index (χ0) is 20.7. The molecule has 0 spiro atoms. The van der Waals surface area contributed by atoms with Gasteiger partial charge in [0, 0.05) is 45.3 Å². The van der Waals surface area contributed by atoms with E-state index in [-0.39, 0.29) is 18.4 Å². The fourth-order valence-electron chi connectivity index (χ4n) is 4.47. The zero-order valence-corrected chi connectivity index (χ0v) is 17.1. The van der Waals surface area contributed by atoms with Crippen LogP contribution in [-0.2, 0) is 9.59 Å². The Bertz CT molecular complexity index is 967. The standard InChI is InChI=1S/C22H28N6O2/c1-2-20(29)28-12-17(13-28)26-5-7-27(8-6-26)21(30)11-23-18-9-16(15-3-4-15)10-19-22(18)25-14-24-19/h2,9-10,14-15,17,23H,1,3-8,11-13H2,(H,24,25). The van der Waals surface area contributed by atoms with Crippen LogP contribution in [0.3, 0.4) is 0 Å². The van der Waals surface area contributed by atoms with Crippen molar-refractivity contribution in [2.24, 2.45) is 0 Å². The van der Waals surface area contributed by atoms with Crippen molar-refractivity contribution < 1.29 is 9.59 Å². The maximum atomic E-state index is 12.8. The van der Waals surface area contributed by atoms with E-state index in [1.807, 2.05) is 9.80 Å². The Morgan fingerprint density at radius 2 is 1.93 bits per heavy atom. The number of aromatic nitrogens is 2. The van der Waals surface area contributed by atoms with Crippen LogP contribution in [0.25, 0.3) is 11.0 Å². The topological polar surface area (TPSA) is 84.6 Å². The fraction of sp³-hybridized carbons (Fsp3) is 0.500. The van der Waals surface area contributed by atoms with Crippen molar-refractivity contribution in [3.05, 3.63) is 36.7 Å². The average molecular weight is 409 g/mol. The molecule has 2 aromatic rings. The van der Waals surface area contributed by atoms with E-state index in [0.29, 0.717) is 12.0 Å². The van der Waals surface area contributed by atoms with Gasteiger partial charge in [0.25, 0.3) is 0 Å². The second-order valence-electron chi connectivity index (χ2n) is 8.51. The number of fused-ring (bicyclic) bond motifs is 1. The number of imidazole rings is 1. The van der Waals surface area contributed by atoms with Gasteiger partial charge in [-0.1, -0.05) is 6.58 Å². The lowest BCUT2D eigenvalue weighted by atomic mass is 10.1. The van der Waals surface area contributed by atoms with Gasteiger partial charge in [-0.3, -0.25) is 14.5 Å². The van der Waals surface area contributed by atoms with E-state index in [2.05, 4.69) is 38.9 Å². The lowest BCUT2D eigenvalue weighted by Crippen LogP contribution is -2.64. The molecule has 2 N–H and O–H groups in total. The van der Waals surface area contributed by atoms with Gasteiger partial charge in [-0.15, -0.1) is 0 Å². The SMILES string of the molecule is C=CC(=O)N1CC(N2CCN(C(=O)CNc3cc(C4CC4)cc4[nH]cnc34)CC2)C1. The molecule has 1 aromatic heterocycles. The van der Waals surface area contributed by atoms with Gasteiger partial charge in [-0.05, 0) is 42.5 Å². The van der Waals surface area contributed by atoms with Gasteiger partial charge in [0.2, 0.25) is 11.8 Å². The minimum absolute atomic E-state index is 0.00270. The lowest BCUT2D eigenvalue weighted by molar-refractivity contribution is -0.135. The summed E-state index contributed by atoms with van der Waals surface area (Å²) in [6, 6.07) is 4.73. The van der Waals surface area contributed by atoms with Crippen LogP contribution in [0, 0.1) is 0 Å². The second-order valence-corrected chi connectivity index (χ2v) is 8.51. The highest BCUT2D eigenvalue weighted by Crippen LogP contribution is 2.42. The van der Waals surface area contributed by atoms with Gasteiger partial charge >= 0.3 is 0 Å². The third-order valence-corrected chi connectivity index (χ3v) is 6.56. The Labute approximate surface area is 175 Å². The molecule has 0 unspecified atom stereocenters. The molecule has 3 heterocycles. The number of hydrogen-bond acceptors (Lipinski definition) is 5. The molecule has 2 saturated heterocycles. The average Bonchev–Trinajstić information content (AvgIpc) is 3.48. The smallest absolute Gasteiger partial charge is 0.246 e. The molecule has 1 aliphatic carbocycles. The number of amides is 2. The van der Waals surface area contributed by atoms with E-state index < -0.39 is 0 Å². The molecule has 1 saturated carbocycles. The third kappa shape index (κ3) is 3.67. The van der Waals surface area contributed by atoms with Gasteiger partial charge in [0.05, 0.1) is 24.1 Å². The van der Waals surface area contributed by atoms with E-state index in [1.165, 1.54) is 24.5 Å². The molecule has 2 aliphatic heterocycles. The Kier molecular flexibility index (Phi) is 4.94. The van der Waals surface area contributed by atoms with Crippen LogP contribution in [0.15, 0.2) is 31.1 Å². The summed E-state index contributed by atoms with van der Waals surface area (Å²) in [7, 11) is 0. The number of carbonyl (C=O) groups excluding carboxylic acids is 2. The first-order valence-corrected chi connectivity index (χ1v) is 10.8. The number of aromatic amines is 1. The molecule has 1 aromatic carbocycles. The number of likely N-dealkylation sites (tertiary alicyclic amines) is 1. The van der Waals surface area contributed by atoms with Gasteiger partial charge in [-0.25, -0.2) is 4.98 Å². The van der Waals surface area contributed by atoms with Crippen molar-refractivity contribution in [3.8, 4) is 0 Å². The van der Waals surface area contributed by atoms with Gasteiger partial charge < -0.3 is 20.1 Å². The molecule has 0 atom stereocenters. The Balaban J connectivity index is 1.13. The quantitative estimate of drug-likeness (QED) is 0.706. The number of nitrogens with one attached hydrogen (secondary N) is 2. The summed E-state index contributed by atoms with van der Waals surface area (Å²) in [4.78, 5) is 38.1. The number of nitrogens with zero attached hydrogens (tertiary/aromatic N) is 4. The number of rotatable bonds is 6. The van der Waals surface area contributed by atoms with Crippen molar-refractivity contribution in [2.45, 2.75) is 24.8 Å². The van der Waals surface area contributed by atoms with Crippen LogP contribution in [0.4, 0.5) is 5.69 Å². The first-order valence-electron chi connectivity index (χ1n) is 10.8. The highest BCUT2D eigenvalue weighted by Gasteiger charge is 2.35. The fourth-order valence-corrected chi connectivity index (χ4v) is 4.47. The van der Waals surface area contributed by atoms with Crippen LogP contribution in [-0.4, -0.2) is 88.3 Å². The Morgan fingerprint density at radius 3 is 2.63 bits per heavy atom. The highest BCUT2D eigenvalue weighted by atomic mass is 16.2. The number of H-pyrrole nitrogens is 1. The molecule has 2 amide bonds. The highest BCUT2D eigenvalue weighted by molar-refractivity contribution is 5.91. The number of benzene rings is 1. The maximum Gasteiger partial charge on any atom is 0.246 e.